The van der Waals surface area contributed by atoms with Crippen LogP contribution in [0.1, 0.15) is 22.9 Å². The lowest BCUT2D eigenvalue weighted by Crippen LogP contribution is -2.13. The topological polar surface area (TPSA) is 12.0 Å². The molecular formula is C14H15BrFNS. The summed E-state index contributed by atoms with van der Waals surface area (Å²) in [5.74, 6) is -0.194. The predicted molar refractivity (Wildman–Crippen MR) is 78.3 cm³/mol. The van der Waals surface area contributed by atoms with Crippen LogP contribution in [0.25, 0.3) is 0 Å². The fraction of sp³-hybridized carbons (Fsp3) is 0.286. The molecule has 0 radical (unpaired) electrons. The standard InChI is InChI=1S/C14H15BrFNS/c1-2-10-5-6-18-14(10)9-17-8-11-7-12(16)3-4-13(11)15/h3-7,17H,2,8-9H2,1H3. The van der Waals surface area contributed by atoms with Crippen LogP contribution in [0, 0.1) is 5.82 Å². The quantitative estimate of drug-likeness (QED) is 0.852. The van der Waals surface area contributed by atoms with Crippen molar-refractivity contribution in [2.24, 2.45) is 0 Å². The van der Waals surface area contributed by atoms with Crippen molar-refractivity contribution in [1.29, 1.82) is 0 Å². The maximum Gasteiger partial charge on any atom is 0.123 e. The van der Waals surface area contributed by atoms with Gasteiger partial charge in [-0.25, -0.2) is 4.39 Å². The number of hydrogen-bond acceptors (Lipinski definition) is 2. The van der Waals surface area contributed by atoms with Crippen LogP contribution in [0.3, 0.4) is 0 Å². The van der Waals surface area contributed by atoms with Crippen LogP contribution < -0.4 is 5.32 Å². The lowest BCUT2D eigenvalue weighted by Gasteiger charge is -2.07. The van der Waals surface area contributed by atoms with Crippen molar-refractivity contribution in [3.8, 4) is 0 Å². The van der Waals surface area contributed by atoms with E-state index < -0.39 is 0 Å². The molecule has 0 aliphatic carbocycles. The Bertz CT molecular complexity index is 524. The van der Waals surface area contributed by atoms with E-state index in [2.05, 4.69) is 39.6 Å². The minimum atomic E-state index is -0.194. The van der Waals surface area contributed by atoms with E-state index in [1.165, 1.54) is 16.5 Å². The third-order valence-corrected chi connectivity index (χ3v) is 4.56. The summed E-state index contributed by atoms with van der Waals surface area (Å²) < 4.78 is 14.1. The molecule has 96 valence electrons. The monoisotopic (exact) mass is 327 g/mol. The second-order valence-corrected chi connectivity index (χ2v) is 5.92. The van der Waals surface area contributed by atoms with E-state index in [1.807, 2.05) is 0 Å². The van der Waals surface area contributed by atoms with Gasteiger partial charge < -0.3 is 5.32 Å². The molecule has 1 aromatic heterocycles. The minimum Gasteiger partial charge on any atom is -0.308 e. The predicted octanol–water partition coefficient (Wildman–Crippen LogP) is 4.50. The number of aryl methyl sites for hydroxylation is 1. The van der Waals surface area contributed by atoms with Crippen molar-refractivity contribution in [3.63, 3.8) is 0 Å². The lowest BCUT2D eigenvalue weighted by atomic mass is 10.2. The Labute approximate surface area is 119 Å². The van der Waals surface area contributed by atoms with Gasteiger partial charge in [-0.3, -0.25) is 0 Å². The van der Waals surface area contributed by atoms with Gasteiger partial charge in [0.05, 0.1) is 0 Å². The summed E-state index contributed by atoms with van der Waals surface area (Å²) in [5.41, 5.74) is 2.34. The van der Waals surface area contributed by atoms with Crippen LogP contribution in [0.15, 0.2) is 34.1 Å². The minimum absolute atomic E-state index is 0.194. The highest BCUT2D eigenvalue weighted by molar-refractivity contribution is 9.10. The van der Waals surface area contributed by atoms with E-state index in [0.29, 0.717) is 6.54 Å². The largest absolute Gasteiger partial charge is 0.308 e. The maximum absolute atomic E-state index is 13.1. The van der Waals surface area contributed by atoms with Crippen molar-refractivity contribution < 1.29 is 4.39 Å². The molecule has 0 amide bonds. The number of thiophene rings is 1. The zero-order valence-corrected chi connectivity index (χ0v) is 12.6. The molecule has 0 atom stereocenters. The molecule has 0 saturated heterocycles. The highest BCUT2D eigenvalue weighted by atomic mass is 79.9. The Morgan fingerprint density at radius 2 is 2.06 bits per heavy atom. The van der Waals surface area contributed by atoms with Gasteiger partial charge in [-0.05, 0) is 47.2 Å². The van der Waals surface area contributed by atoms with Gasteiger partial charge in [0.25, 0.3) is 0 Å². The molecule has 0 aliphatic rings. The van der Waals surface area contributed by atoms with Crippen molar-refractivity contribution in [3.05, 3.63) is 55.9 Å². The van der Waals surface area contributed by atoms with Gasteiger partial charge in [-0.1, -0.05) is 22.9 Å². The molecule has 1 N–H and O–H groups in total. The molecule has 1 heterocycles. The summed E-state index contributed by atoms with van der Waals surface area (Å²) in [6, 6.07) is 6.93. The molecule has 0 bridgehead atoms. The van der Waals surface area contributed by atoms with Crippen LogP contribution in [0.2, 0.25) is 0 Å². The van der Waals surface area contributed by atoms with E-state index in [-0.39, 0.29) is 5.82 Å². The number of nitrogens with one attached hydrogen (secondary N) is 1. The van der Waals surface area contributed by atoms with Crippen molar-refractivity contribution >= 4 is 27.3 Å². The smallest absolute Gasteiger partial charge is 0.123 e. The molecule has 0 aliphatic heterocycles. The van der Waals surface area contributed by atoms with Gasteiger partial charge in [0.2, 0.25) is 0 Å². The zero-order chi connectivity index (χ0) is 13.0. The first kappa shape index (κ1) is 13.7. The highest BCUT2D eigenvalue weighted by Gasteiger charge is 2.04. The normalized spacial score (nSPS) is 10.8. The molecule has 4 heteroatoms. The zero-order valence-electron chi connectivity index (χ0n) is 10.2. The lowest BCUT2D eigenvalue weighted by molar-refractivity contribution is 0.619. The first-order chi connectivity index (χ1) is 8.70. The molecule has 2 aromatic rings. The number of benzene rings is 1. The average Bonchev–Trinajstić information content (AvgIpc) is 2.81. The first-order valence-corrected chi connectivity index (χ1v) is 7.58. The van der Waals surface area contributed by atoms with Crippen molar-refractivity contribution in [2.45, 2.75) is 26.4 Å². The average molecular weight is 328 g/mol. The van der Waals surface area contributed by atoms with E-state index in [4.69, 9.17) is 0 Å². The third kappa shape index (κ3) is 3.40. The van der Waals surface area contributed by atoms with Gasteiger partial charge in [-0.15, -0.1) is 11.3 Å². The van der Waals surface area contributed by atoms with E-state index in [1.54, 1.807) is 23.5 Å². The number of halogens is 2. The highest BCUT2D eigenvalue weighted by Crippen LogP contribution is 2.19. The summed E-state index contributed by atoms with van der Waals surface area (Å²) >= 11 is 5.20. The Hall–Kier alpha value is -0.710. The van der Waals surface area contributed by atoms with Gasteiger partial charge in [0.1, 0.15) is 5.82 Å². The second kappa shape index (κ2) is 6.45. The Morgan fingerprint density at radius 3 is 2.83 bits per heavy atom. The van der Waals surface area contributed by atoms with Crippen molar-refractivity contribution in [2.75, 3.05) is 0 Å². The fourth-order valence-electron chi connectivity index (χ4n) is 1.83. The van der Waals surface area contributed by atoms with Crippen LogP contribution >= 0.6 is 27.3 Å². The maximum atomic E-state index is 13.1. The summed E-state index contributed by atoms with van der Waals surface area (Å²) in [6.45, 7) is 3.66. The molecule has 18 heavy (non-hydrogen) atoms. The van der Waals surface area contributed by atoms with Crippen LogP contribution in [-0.4, -0.2) is 0 Å². The molecular weight excluding hydrogens is 313 g/mol. The van der Waals surface area contributed by atoms with Crippen LogP contribution in [0.4, 0.5) is 4.39 Å². The Kier molecular flexibility index (Phi) is 4.92. The first-order valence-electron chi connectivity index (χ1n) is 5.90. The Balaban J connectivity index is 1.94. The van der Waals surface area contributed by atoms with Gasteiger partial charge in [0.15, 0.2) is 0 Å². The Morgan fingerprint density at radius 1 is 1.22 bits per heavy atom. The second-order valence-electron chi connectivity index (χ2n) is 4.06. The molecule has 0 fully saturated rings. The molecule has 0 spiro atoms. The molecule has 0 saturated carbocycles. The summed E-state index contributed by atoms with van der Waals surface area (Å²) in [4.78, 5) is 1.37. The molecule has 2 rings (SSSR count). The SMILES string of the molecule is CCc1ccsc1CNCc1cc(F)ccc1Br. The van der Waals surface area contributed by atoms with E-state index in [0.717, 1.165) is 23.0 Å². The van der Waals surface area contributed by atoms with Gasteiger partial charge >= 0.3 is 0 Å². The van der Waals surface area contributed by atoms with E-state index in [9.17, 15) is 4.39 Å². The summed E-state index contributed by atoms with van der Waals surface area (Å²) in [6.07, 6.45) is 1.06. The number of hydrogen-bond donors (Lipinski definition) is 1. The summed E-state index contributed by atoms with van der Waals surface area (Å²) in [7, 11) is 0. The number of rotatable bonds is 5. The van der Waals surface area contributed by atoms with Gasteiger partial charge in [-0.2, -0.15) is 0 Å². The molecule has 1 aromatic carbocycles. The van der Waals surface area contributed by atoms with Crippen molar-refractivity contribution in [1.82, 2.24) is 5.32 Å². The fourth-order valence-corrected chi connectivity index (χ4v) is 3.16. The van der Waals surface area contributed by atoms with Crippen LogP contribution in [0.5, 0.6) is 0 Å². The van der Waals surface area contributed by atoms with Gasteiger partial charge in [0, 0.05) is 22.4 Å². The molecule has 1 nitrogen and oxygen atoms in total. The third-order valence-electron chi connectivity index (χ3n) is 2.83. The summed E-state index contributed by atoms with van der Waals surface area (Å²) in [5, 5.41) is 5.48. The van der Waals surface area contributed by atoms with E-state index >= 15 is 0 Å². The molecule has 0 unspecified atom stereocenters. The van der Waals surface area contributed by atoms with Crippen LogP contribution in [-0.2, 0) is 19.5 Å².